The number of ether oxygens (including phenoxy) is 1. The lowest BCUT2D eigenvalue weighted by Crippen LogP contribution is -2.56. The van der Waals surface area contributed by atoms with Crippen molar-refractivity contribution in [2.45, 2.75) is 74.5 Å². The number of hydrogen-bond acceptors (Lipinski definition) is 6. The molecule has 1 N–H and O–H groups in total. The lowest BCUT2D eigenvalue weighted by molar-refractivity contribution is -0.153. The van der Waals surface area contributed by atoms with Gasteiger partial charge in [-0.2, -0.15) is 0 Å². The number of hydrogen-bond donors (Lipinski definition) is 1. The summed E-state index contributed by atoms with van der Waals surface area (Å²) in [6.45, 7) is 12.6. The van der Waals surface area contributed by atoms with Gasteiger partial charge in [0, 0.05) is 31.0 Å². The summed E-state index contributed by atoms with van der Waals surface area (Å²) in [5, 5.41) is 9.26. The summed E-state index contributed by atoms with van der Waals surface area (Å²) in [6, 6.07) is -0.581. The maximum absolute atomic E-state index is 14.1. The lowest BCUT2D eigenvalue weighted by atomic mass is 9.71. The van der Waals surface area contributed by atoms with Gasteiger partial charge in [-0.1, -0.05) is 32.1 Å². The summed E-state index contributed by atoms with van der Waals surface area (Å²) < 4.78 is 4.77. The smallest absolute Gasteiger partial charge is 0.311 e. The summed E-state index contributed by atoms with van der Waals surface area (Å²) >= 11 is 1.65. The average Bonchev–Trinajstić information content (AvgIpc) is 3.43. The highest BCUT2D eigenvalue weighted by molar-refractivity contribution is 8.02. The van der Waals surface area contributed by atoms with Gasteiger partial charge in [-0.05, 0) is 39.0 Å². The zero-order valence-electron chi connectivity index (χ0n) is 19.9. The molecule has 3 rings (SSSR count). The molecule has 3 unspecified atom stereocenters. The van der Waals surface area contributed by atoms with Gasteiger partial charge in [0.2, 0.25) is 11.8 Å². The summed E-state index contributed by atoms with van der Waals surface area (Å²) in [7, 11) is 0. The van der Waals surface area contributed by atoms with Crippen LogP contribution in [-0.4, -0.2) is 81.1 Å². The molecule has 1 spiro atoms. The molecule has 0 aromatic heterocycles. The third-order valence-corrected chi connectivity index (χ3v) is 9.26. The highest BCUT2D eigenvalue weighted by atomic mass is 32.2. The van der Waals surface area contributed by atoms with Crippen molar-refractivity contribution in [1.82, 2.24) is 9.80 Å². The molecule has 184 valence electrons. The quantitative estimate of drug-likeness (QED) is 0.249. The molecule has 3 fully saturated rings. The van der Waals surface area contributed by atoms with Crippen LogP contribution in [0.2, 0.25) is 0 Å². The molecule has 0 aliphatic carbocycles. The number of unbranched alkanes of at least 4 members (excludes halogenated alkanes) is 1. The molecule has 2 amide bonds. The molecular formula is C25H38N2O5S. The molecule has 0 aromatic rings. The Labute approximate surface area is 201 Å². The van der Waals surface area contributed by atoms with Crippen LogP contribution in [0.15, 0.2) is 25.3 Å². The summed E-state index contributed by atoms with van der Waals surface area (Å²) in [4.78, 5) is 44.4. The monoisotopic (exact) mass is 478 g/mol. The number of nitrogens with zero attached hydrogens (tertiary/aromatic N) is 2. The lowest BCUT2D eigenvalue weighted by Gasteiger charge is -2.39. The Balaban J connectivity index is 1.98. The zero-order valence-corrected chi connectivity index (χ0v) is 20.7. The van der Waals surface area contributed by atoms with Crippen molar-refractivity contribution in [3.63, 3.8) is 0 Å². The fraction of sp³-hybridized carbons (Fsp3) is 0.720. The first-order valence-electron chi connectivity index (χ1n) is 12.2. The Bertz CT molecular complexity index is 774. The van der Waals surface area contributed by atoms with Gasteiger partial charge in [0.05, 0.1) is 16.6 Å². The minimum Gasteiger partial charge on any atom is -0.461 e. The van der Waals surface area contributed by atoms with Crippen molar-refractivity contribution in [3.8, 4) is 0 Å². The molecule has 7 nitrogen and oxygen atoms in total. The van der Waals surface area contributed by atoms with Gasteiger partial charge in [-0.25, -0.2) is 0 Å². The van der Waals surface area contributed by atoms with Crippen LogP contribution in [0, 0.1) is 11.8 Å². The van der Waals surface area contributed by atoms with Gasteiger partial charge in [-0.15, -0.1) is 18.3 Å². The van der Waals surface area contributed by atoms with Crippen LogP contribution in [-0.2, 0) is 19.1 Å². The topological polar surface area (TPSA) is 87.1 Å². The second-order valence-electron chi connectivity index (χ2n) is 9.35. The summed E-state index contributed by atoms with van der Waals surface area (Å²) in [5.41, 5.74) is 0. The number of amides is 2. The molecule has 0 aromatic carbocycles. The maximum Gasteiger partial charge on any atom is 0.311 e. The van der Waals surface area contributed by atoms with Crippen molar-refractivity contribution in [2.75, 3.05) is 26.3 Å². The molecule has 3 heterocycles. The van der Waals surface area contributed by atoms with Crippen LogP contribution in [0.4, 0.5) is 0 Å². The first kappa shape index (κ1) is 25.8. The molecule has 8 heteroatoms. The van der Waals surface area contributed by atoms with Crippen molar-refractivity contribution in [2.24, 2.45) is 11.8 Å². The first-order valence-corrected chi connectivity index (χ1v) is 13.0. The van der Waals surface area contributed by atoms with E-state index in [4.69, 9.17) is 4.74 Å². The number of fused-ring (bicyclic) bond motifs is 1. The van der Waals surface area contributed by atoms with Gasteiger partial charge in [0.1, 0.15) is 12.6 Å². The van der Waals surface area contributed by atoms with Crippen LogP contribution < -0.4 is 0 Å². The number of rotatable bonds is 13. The van der Waals surface area contributed by atoms with E-state index >= 15 is 0 Å². The fourth-order valence-electron chi connectivity index (χ4n) is 5.93. The molecule has 3 saturated heterocycles. The Morgan fingerprint density at radius 2 is 2.12 bits per heavy atom. The van der Waals surface area contributed by atoms with E-state index in [9.17, 15) is 19.5 Å². The SMILES string of the molecule is C=CCOC(=O)[C@@H]1[C@H]2C(=O)N(CCCCO)C(C(=O)N(CC=C)C(C)CCC)C23CC[C@H]1S3. The van der Waals surface area contributed by atoms with E-state index < -0.39 is 22.6 Å². The number of likely N-dealkylation sites (tertiary alicyclic amines) is 1. The number of aliphatic hydroxyl groups is 1. The van der Waals surface area contributed by atoms with E-state index in [1.807, 2.05) is 11.8 Å². The second-order valence-corrected chi connectivity index (χ2v) is 11.0. The van der Waals surface area contributed by atoms with E-state index in [0.29, 0.717) is 25.9 Å². The average molecular weight is 479 g/mol. The predicted molar refractivity (Wildman–Crippen MR) is 130 cm³/mol. The summed E-state index contributed by atoms with van der Waals surface area (Å²) in [6.07, 6.45) is 7.79. The van der Waals surface area contributed by atoms with Crippen LogP contribution in [0.1, 0.15) is 52.4 Å². The number of aliphatic hydroxyl groups excluding tert-OH is 1. The Morgan fingerprint density at radius 3 is 2.76 bits per heavy atom. The molecule has 3 aliphatic heterocycles. The van der Waals surface area contributed by atoms with Crippen molar-refractivity contribution >= 4 is 29.5 Å². The predicted octanol–water partition coefficient (Wildman–Crippen LogP) is 2.78. The van der Waals surface area contributed by atoms with Crippen LogP contribution in [0.3, 0.4) is 0 Å². The third-order valence-electron chi connectivity index (χ3n) is 7.30. The van der Waals surface area contributed by atoms with E-state index in [2.05, 4.69) is 20.1 Å². The van der Waals surface area contributed by atoms with E-state index in [1.165, 1.54) is 6.08 Å². The first-order chi connectivity index (χ1) is 15.9. The Morgan fingerprint density at radius 1 is 1.36 bits per heavy atom. The summed E-state index contributed by atoms with van der Waals surface area (Å²) in [5.74, 6) is -1.62. The minimum atomic E-state index is -0.611. The Hall–Kier alpha value is -1.80. The number of carbonyl (C=O) groups is 3. The molecule has 0 radical (unpaired) electrons. The fourth-order valence-corrected chi connectivity index (χ4v) is 8.13. The van der Waals surface area contributed by atoms with Gasteiger partial charge in [0.15, 0.2) is 0 Å². The normalized spacial score (nSPS) is 30.8. The van der Waals surface area contributed by atoms with Gasteiger partial charge >= 0.3 is 5.97 Å². The highest BCUT2D eigenvalue weighted by Gasteiger charge is 2.74. The molecule has 2 bridgehead atoms. The number of carbonyl (C=O) groups excluding carboxylic acids is 3. The molecule has 0 saturated carbocycles. The van der Waals surface area contributed by atoms with Crippen LogP contribution in [0.25, 0.3) is 0 Å². The number of thioether (sulfide) groups is 1. The maximum atomic E-state index is 14.1. The van der Waals surface area contributed by atoms with Crippen LogP contribution >= 0.6 is 11.8 Å². The molecule has 33 heavy (non-hydrogen) atoms. The van der Waals surface area contributed by atoms with Gasteiger partial charge in [0.25, 0.3) is 0 Å². The van der Waals surface area contributed by atoms with E-state index in [-0.39, 0.29) is 42.3 Å². The van der Waals surface area contributed by atoms with Crippen molar-refractivity contribution < 1.29 is 24.2 Å². The van der Waals surface area contributed by atoms with Crippen molar-refractivity contribution in [3.05, 3.63) is 25.3 Å². The molecular weight excluding hydrogens is 440 g/mol. The molecule has 3 aliphatic rings. The third kappa shape index (κ3) is 4.61. The Kier molecular flexibility index (Phi) is 8.67. The van der Waals surface area contributed by atoms with Crippen LogP contribution in [0.5, 0.6) is 0 Å². The zero-order chi connectivity index (χ0) is 24.2. The van der Waals surface area contributed by atoms with Crippen molar-refractivity contribution in [1.29, 1.82) is 0 Å². The number of esters is 1. The van der Waals surface area contributed by atoms with E-state index in [1.54, 1.807) is 22.7 Å². The highest BCUT2D eigenvalue weighted by Crippen LogP contribution is 2.66. The molecule has 6 atom stereocenters. The largest absolute Gasteiger partial charge is 0.461 e. The van der Waals surface area contributed by atoms with Gasteiger partial charge < -0.3 is 19.6 Å². The van der Waals surface area contributed by atoms with Gasteiger partial charge in [-0.3, -0.25) is 14.4 Å². The second kappa shape index (κ2) is 11.1. The standard InChI is InChI=1S/C25H38N2O5S/c1-5-10-17(4)26(13-6-2)23(30)21-25-12-11-18(33-25)19(24(31)32-16-7-3)20(25)22(29)27(21)14-8-9-15-28/h6-7,17-21,28H,2-3,5,8-16H2,1,4H3/t17?,18-,19+,20+,21?,25?/m1/s1. The minimum absolute atomic E-state index is 0.00734. The van der Waals surface area contributed by atoms with E-state index in [0.717, 1.165) is 25.7 Å².